The van der Waals surface area contributed by atoms with E-state index in [1.54, 1.807) is 19.1 Å². The highest BCUT2D eigenvalue weighted by molar-refractivity contribution is 5.82. The summed E-state index contributed by atoms with van der Waals surface area (Å²) in [7, 11) is 0. The number of aldehydes is 1. The van der Waals surface area contributed by atoms with Crippen molar-refractivity contribution in [3.05, 3.63) is 59.2 Å². The van der Waals surface area contributed by atoms with E-state index >= 15 is 0 Å². The van der Waals surface area contributed by atoms with Gasteiger partial charge in [0.1, 0.15) is 18.1 Å². The van der Waals surface area contributed by atoms with Gasteiger partial charge >= 0.3 is 5.97 Å². The van der Waals surface area contributed by atoms with Crippen LogP contribution < -0.4 is 9.47 Å². The second-order valence-electron chi connectivity index (χ2n) is 5.96. The first-order valence-corrected chi connectivity index (χ1v) is 8.77. The molecule has 5 heteroatoms. The van der Waals surface area contributed by atoms with Gasteiger partial charge in [-0.3, -0.25) is 4.79 Å². The normalized spacial score (nSPS) is 11.6. The van der Waals surface area contributed by atoms with Gasteiger partial charge in [0.25, 0.3) is 0 Å². The van der Waals surface area contributed by atoms with E-state index < -0.39 is 12.1 Å². The number of carboxylic acid groups (broad SMARTS) is 1. The van der Waals surface area contributed by atoms with Crippen molar-refractivity contribution >= 4 is 12.3 Å². The number of ether oxygens (including phenoxy) is 2. The number of rotatable bonds is 10. The fourth-order valence-electron chi connectivity index (χ4n) is 2.67. The van der Waals surface area contributed by atoms with E-state index in [2.05, 4.69) is 0 Å². The van der Waals surface area contributed by atoms with Crippen LogP contribution in [0.3, 0.4) is 0 Å². The number of carbonyl (C=O) groups is 2. The molecule has 0 heterocycles. The Morgan fingerprint density at radius 3 is 2.46 bits per heavy atom. The summed E-state index contributed by atoms with van der Waals surface area (Å²) in [5, 5.41) is 9.30. The molecule has 0 spiro atoms. The average molecular weight is 356 g/mol. The quantitative estimate of drug-likeness (QED) is 0.644. The molecule has 1 unspecified atom stereocenters. The summed E-state index contributed by atoms with van der Waals surface area (Å²) in [6, 6.07) is 13.1. The van der Waals surface area contributed by atoms with E-state index in [0.29, 0.717) is 42.8 Å². The molecule has 1 N–H and O–H groups in total. The molecule has 2 aromatic carbocycles. The van der Waals surface area contributed by atoms with E-state index in [1.165, 1.54) is 0 Å². The van der Waals surface area contributed by atoms with Crippen LogP contribution >= 0.6 is 0 Å². The molecule has 0 saturated carbocycles. The summed E-state index contributed by atoms with van der Waals surface area (Å²) < 4.78 is 11.7. The molecule has 0 fully saturated rings. The number of carbonyl (C=O) groups excluding carboxylic acids is 1. The summed E-state index contributed by atoms with van der Waals surface area (Å²) in [6.45, 7) is 4.12. The Bertz CT molecular complexity index is 740. The topological polar surface area (TPSA) is 72.8 Å². The second-order valence-corrected chi connectivity index (χ2v) is 5.96. The lowest BCUT2D eigenvalue weighted by molar-refractivity contribution is -0.145. The van der Waals surface area contributed by atoms with Gasteiger partial charge in [-0.15, -0.1) is 0 Å². The van der Waals surface area contributed by atoms with Crippen molar-refractivity contribution in [3.8, 4) is 11.5 Å². The third-order valence-corrected chi connectivity index (χ3v) is 4.02. The van der Waals surface area contributed by atoms with Gasteiger partial charge in [-0.25, -0.2) is 4.79 Å². The molecule has 0 aliphatic rings. The first-order chi connectivity index (χ1) is 12.6. The van der Waals surface area contributed by atoms with Crippen LogP contribution in [0.25, 0.3) is 0 Å². The van der Waals surface area contributed by atoms with Crippen molar-refractivity contribution in [2.75, 3.05) is 0 Å². The van der Waals surface area contributed by atoms with Crippen molar-refractivity contribution in [2.24, 2.45) is 0 Å². The molecule has 0 aliphatic heterocycles. The first kappa shape index (κ1) is 19.5. The molecular formula is C21H24O5. The fraction of sp³-hybridized carbons (Fsp3) is 0.333. The van der Waals surface area contributed by atoms with E-state index in [0.717, 1.165) is 17.5 Å². The minimum atomic E-state index is -1.05. The van der Waals surface area contributed by atoms with Crippen molar-refractivity contribution in [1.82, 2.24) is 0 Å². The maximum absolute atomic E-state index is 11.4. The average Bonchev–Trinajstić information content (AvgIpc) is 2.66. The molecule has 1 atom stereocenters. The standard InChI is InChI=1S/C21H24O5/c1-3-8-17-19(25-14-15-9-6-5-7-10-15)12-11-16(13-22)20(17)26-18(4-2)21(23)24/h5-7,9-13,18H,3-4,8,14H2,1-2H3,(H,23,24). The van der Waals surface area contributed by atoms with Crippen LogP contribution in [-0.4, -0.2) is 23.5 Å². The monoisotopic (exact) mass is 356 g/mol. The number of carboxylic acids is 1. The molecule has 0 aromatic heterocycles. The van der Waals surface area contributed by atoms with Crippen LogP contribution in [0.4, 0.5) is 0 Å². The van der Waals surface area contributed by atoms with E-state index in [4.69, 9.17) is 9.47 Å². The minimum absolute atomic E-state index is 0.300. The third kappa shape index (κ3) is 4.85. The zero-order valence-corrected chi connectivity index (χ0v) is 15.1. The summed E-state index contributed by atoms with van der Waals surface area (Å²) in [5.41, 5.74) is 2.08. The largest absolute Gasteiger partial charge is 0.488 e. The number of hydrogen-bond donors (Lipinski definition) is 1. The van der Waals surface area contributed by atoms with Crippen molar-refractivity contribution in [1.29, 1.82) is 0 Å². The van der Waals surface area contributed by atoms with Crippen LogP contribution in [0.15, 0.2) is 42.5 Å². The van der Waals surface area contributed by atoms with E-state index in [-0.39, 0.29) is 0 Å². The molecule has 0 amide bonds. The van der Waals surface area contributed by atoms with Crippen molar-refractivity contribution in [2.45, 2.75) is 45.8 Å². The van der Waals surface area contributed by atoms with Crippen LogP contribution in [0.5, 0.6) is 11.5 Å². The summed E-state index contributed by atoms with van der Waals surface area (Å²) >= 11 is 0. The molecular weight excluding hydrogens is 332 g/mol. The highest BCUT2D eigenvalue weighted by Crippen LogP contribution is 2.34. The summed E-state index contributed by atoms with van der Waals surface area (Å²) in [6.07, 6.45) is 1.41. The molecule has 0 saturated heterocycles. The Hall–Kier alpha value is -2.82. The Kier molecular flexibility index (Phi) is 7.21. The van der Waals surface area contributed by atoms with Gasteiger partial charge in [0.05, 0.1) is 5.56 Å². The maximum Gasteiger partial charge on any atom is 0.344 e. The first-order valence-electron chi connectivity index (χ1n) is 8.77. The Labute approximate surface area is 153 Å². The number of benzene rings is 2. The van der Waals surface area contributed by atoms with Gasteiger partial charge < -0.3 is 14.6 Å². The summed E-state index contributed by atoms with van der Waals surface area (Å²) in [5.74, 6) is -0.138. The minimum Gasteiger partial charge on any atom is -0.488 e. The smallest absolute Gasteiger partial charge is 0.344 e. The lowest BCUT2D eigenvalue weighted by Crippen LogP contribution is -2.27. The molecule has 0 aliphatic carbocycles. The molecule has 26 heavy (non-hydrogen) atoms. The molecule has 138 valence electrons. The van der Waals surface area contributed by atoms with Crippen LogP contribution in [0.1, 0.15) is 48.2 Å². The summed E-state index contributed by atoms with van der Waals surface area (Å²) in [4.78, 5) is 22.8. The molecule has 0 radical (unpaired) electrons. The molecule has 0 bridgehead atoms. The maximum atomic E-state index is 11.4. The Morgan fingerprint density at radius 1 is 1.15 bits per heavy atom. The van der Waals surface area contributed by atoms with Crippen LogP contribution in [-0.2, 0) is 17.8 Å². The SMILES string of the molecule is CCCc1c(OCc2ccccc2)ccc(C=O)c1OC(CC)C(=O)O. The molecule has 2 rings (SSSR count). The van der Waals surface area contributed by atoms with E-state index in [9.17, 15) is 14.7 Å². The highest BCUT2D eigenvalue weighted by atomic mass is 16.5. The third-order valence-electron chi connectivity index (χ3n) is 4.02. The van der Waals surface area contributed by atoms with Crippen molar-refractivity contribution < 1.29 is 24.2 Å². The Balaban J connectivity index is 2.37. The lowest BCUT2D eigenvalue weighted by Gasteiger charge is -2.20. The van der Waals surface area contributed by atoms with Gasteiger partial charge in [0.2, 0.25) is 0 Å². The fourth-order valence-corrected chi connectivity index (χ4v) is 2.67. The van der Waals surface area contributed by atoms with Crippen molar-refractivity contribution in [3.63, 3.8) is 0 Å². The second kappa shape index (κ2) is 9.61. The van der Waals surface area contributed by atoms with E-state index in [1.807, 2.05) is 37.3 Å². The van der Waals surface area contributed by atoms with Crippen LogP contribution in [0.2, 0.25) is 0 Å². The van der Waals surface area contributed by atoms with Gasteiger partial charge in [-0.05, 0) is 30.5 Å². The van der Waals surface area contributed by atoms with Gasteiger partial charge in [0, 0.05) is 5.56 Å². The predicted molar refractivity (Wildman–Crippen MR) is 98.9 cm³/mol. The Morgan fingerprint density at radius 2 is 1.88 bits per heavy atom. The number of aliphatic carboxylic acids is 1. The molecule has 5 nitrogen and oxygen atoms in total. The van der Waals surface area contributed by atoms with Crippen LogP contribution in [0, 0.1) is 0 Å². The van der Waals surface area contributed by atoms with Gasteiger partial charge in [-0.2, -0.15) is 0 Å². The van der Waals surface area contributed by atoms with Gasteiger partial charge in [0.15, 0.2) is 12.4 Å². The number of hydrogen-bond acceptors (Lipinski definition) is 4. The predicted octanol–water partition coefficient (Wildman–Crippen LogP) is 4.27. The molecule has 2 aromatic rings. The zero-order chi connectivity index (χ0) is 18.9. The lowest BCUT2D eigenvalue weighted by atomic mass is 10.0. The zero-order valence-electron chi connectivity index (χ0n) is 15.1. The van der Waals surface area contributed by atoms with Gasteiger partial charge in [-0.1, -0.05) is 50.6 Å². The highest BCUT2D eigenvalue weighted by Gasteiger charge is 2.22.